The van der Waals surface area contributed by atoms with E-state index in [1.807, 2.05) is 6.07 Å². The molecule has 9 nitrogen and oxygen atoms in total. The molecule has 2 N–H and O–H groups in total. The van der Waals surface area contributed by atoms with Crippen LogP contribution in [0.2, 0.25) is 5.15 Å². The summed E-state index contributed by atoms with van der Waals surface area (Å²) >= 11 is 6.08. The third-order valence-electron chi connectivity index (χ3n) is 5.03. The highest BCUT2D eigenvalue weighted by Gasteiger charge is 2.19. The van der Waals surface area contributed by atoms with Crippen LogP contribution in [0.4, 0.5) is 17.5 Å². The highest BCUT2D eigenvalue weighted by Crippen LogP contribution is 2.25. The van der Waals surface area contributed by atoms with Crippen molar-refractivity contribution in [1.29, 1.82) is 0 Å². The van der Waals surface area contributed by atoms with Gasteiger partial charge in [0.05, 0.1) is 17.5 Å². The Balaban J connectivity index is 1.52. The van der Waals surface area contributed by atoms with Crippen LogP contribution in [-0.4, -0.2) is 73.8 Å². The number of nitrogens with one attached hydrogen (secondary N) is 2. The van der Waals surface area contributed by atoms with Crippen molar-refractivity contribution in [1.82, 2.24) is 19.9 Å². The zero-order valence-corrected chi connectivity index (χ0v) is 18.7. The molecule has 3 heterocycles. The van der Waals surface area contributed by atoms with Crippen LogP contribution in [0.3, 0.4) is 0 Å². The van der Waals surface area contributed by atoms with E-state index in [-0.39, 0.29) is 12.3 Å². The lowest BCUT2D eigenvalue weighted by Crippen LogP contribution is -2.45. The van der Waals surface area contributed by atoms with Gasteiger partial charge >= 0.3 is 0 Å². The molecule has 1 aromatic carbocycles. The van der Waals surface area contributed by atoms with E-state index in [0.717, 1.165) is 26.2 Å². The third-order valence-corrected chi connectivity index (χ3v) is 6.53. The number of hydrogen-bond acceptors (Lipinski definition) is 8. The van der Waals surface area contributed by atoms with Gasteiger partial charge in [-0.2, -0.15) is 4.98 Å². The van der Waals surface area contributed by atoms with Crippen LogP contribution < -0.4 is 14.9 Å². The highest BCUT2D eigenvalue weighted by atomic mass is 35.5. The Kier molecular flexibility index (Phi) is 6.40. The van der Waals surface area contributed by atoms with Crippen molar-refractivity contribution < 1.29 is 8.42 Å². The van der Waals surface area contributed by atoms with E-state index < -0.39 is 10.0 Å². The van der Waals surface area contributed by atoms with E-state index >= 15 is 0 Å². The van der Waals surface area contributed by atoms with Gasteiger partial charge in [-0.25, -0.2) is 18.4 Å². The van der Waals surface area contributed by atoms with Crippen LogP contribution in [0.25, 0.3) is 10.9 Å². The average Bonchev–Trinajstić information content (AvgIpc) is 2.74. The molecular formula is C20H24ClN7O2S. The molecule has 0 unspecified atom stereocenters. The quantitative estimate of drug-likeness (QED) is 0.516. The van der Waals surface area contributed by atoms with E-state index in [2.05, 4.69) is 41.8 Å². The number of benzene rings is 1. The number of nitrogens with zero attached hydrogens (tertiary/aromatic N) is 5. The van der Waals surface area contributed by atoms with Crippen molar-refractivity contribution in [3.8, 4) is 0 Å². The molecule has 0 saturated carbocycles. The van der Waals surface area contributed by atoms with Gasteiger partial charge in [0.15, 0.2) is 0 Å². The first-order valence-electron chi connectivity index (χ1n) is 9.96. The van der Waals surface area contributed by atoms with Crippen LogP contribution in [0, 0.1) is 0 Å². The van der Waals surface area contributed by atoms with Crippen LogP contribution in [-0.2, 0) is 10.0 Å². The Morgan fingerprint density at radius 1 is 1.10 bits per heavy atom. The molecule has 1 aliphatic rings. The minimum atomic E-state index is -3.51. The lowest BCUT2D eigenvalue weighted by Gasteiger charge is -2.32. The summed E-state index contributed by atoms with van der Waals surface area (Å²) < 4.78 is 27.4. The number of aromatic nitrogens is 3. The summed E-state index contributed by atoms with van der Waals surface area (Å²) in [4.78, 5) is 17.8. The molecule has 0 radical (unpaired) electrons. The molecule has 2 aromatic heterocycles. The second-order valence-corrected chi connectivity index (χ2v) is 9.63. The summed E-state index contributed by atoms with van der Waals surface area (Å²) in [6, 6.07) is 10.5. The van der Waals surface area contributed by atoms with E-state index in [0.29, 0.717) is 33.5 Å². The van der Waals surface area contributed by atoms with Gasteiger partial charge < -0.3 is 15.1 Å². The summed E-state index contributed by atoms with van der Waals surface area (Å²) in [5.74, 6) is 1.02. The maximum atomic E-state index is 12.4. The zero-order valence-electron chi connectivity index (χ0n) is 17.1. The van der Waals surface area contributed by atoms with Crippen molar-refractivity contribution in [2.24, 2.45) is 0 Å². The first-order valence-corrected chi connectivity index (χ1v) is 12.0. The number of rotatable bonds is 7. The van der Waals surface area contributed by atoms with Gasteiger partial charge in [-0.15, -0.1) is 0 Å². The van der Waals surface area contributed by atoms with Crippen LogP contribution in [0.1, 0.15) is 0 Å². The fourth-order valence-corrected chi connectivity index (χ4v) is 4.44. The number of fused-ring (bicyclic) bond motifs is 1. The van der Waals surface area contributed by atoms with E-state index in [1.165, 1.54) is 0 Å². The fourth-order valence-electron chi connectivity index (χ4n) is 3.32. The number of piperazine rings is 1. The second-order valence-electron chi connectivity index (χ2n) is 7.40. The average molecular weight is 462 g/mol. The summed E-state index contributed by atoms with van der Waals surface area (Å²) in [6.45, 7) is 3.66. The number of anilines is 3. The Bertz CT molecular complexity index is 1150. The minimum Gasteiger partial charge on any atom is -0.368 e. The molecule has 0 atom stereocenters. The van der Waals surface area contributed by atoms with Gasteiger partial charge in [-0.3, -0.25) is 4.72 Å². The van der Waals surface area contributed by atoms with Crippen molar-refractivity contribution in [2.75, 3.05) is 60.5 Å². The molecule has 164 valence electrons. The van der Waals surface area contributed by atoms with Crippen LogP contribution in [0.5, 0.6) is 0 Å². The van der Waals surface area contributed by atoms with Gasteiger partial charge in [0.25, 0.3) is 0 Å². The summed E-state index contributed by atoms with van der Waals surface area (Å²) in [6.07, 6.45) is 1.61. The lowest BCUT2D eigenvalue weighted by molar-refractivity contribution is 0.311. The predicted octanol–water partition coefficient (Wildman–Crippen LogP) is 2.28. The monoisotopic (exact) mass is 461 g/mol. The van der Waals surface area contributed by atoms with Gasteiger partial charge in [-0.1, -0.05) is 29.8 Å². The van der Waals surface area contributed by atoms with Gasteiger partial charge in [0.1, 0.15) is 11.0 Å². The molecule has 0 bridgehead atoms. The molecule has 4 rings (SSSR count). The zero-order chi connectivity index (χ0) is 21.8. The molecule has 0 spiro atoms. The molecule has 0 amide bonds. The largest absolute Gasteiger partial charge is 0.368 e. The number of para-hydroxylation sites is 1. The number of hydrogen-bond donors (Lipinski definition) is 2. The van der Waals surface area contributed by atoms with E-state index in [4.69, 9.17) is 11.6 Å². The minimum absolute atomic E-state index is 0.115. The predicted molar refractivity (Wildman–Crippen MR) is 124 cm³/mol. The second kappa shape index (κ2) is 9.21. The SMILES string of the molecule is CN1CCN(c2nc(NCCS(=O)(=O)Nc3ccccc3)c3cc(Cl)ncc3n2)CC1. The summed E-state index contributed by atoms with van der Waals surface area (Å²) in [5, 5.41) is 4.18. The fraction of sp³-hybridized carbons (Fsp3) is 0.350. The molecule has 3 aromatic rings. The van der Waals surface area contributed by atoms with Crippen molar-refractivity contribution in [3.63, 3.8) is 0 Å². The number of sulfonamides is 1. The molecular weight excluding hydrogens is 438 g/mol. The third kappa shape index (κ3) is 5.52. The van der Waals surface area contributed by atoms with E-state index in [1.54, 1.807) is 36.5 Å². The number of likely N-dealkylation sites (N-methyl/N-ethyl adjacent to an activating group) is 1. The highest BCUT2D eigenvalue weighted by molar-refractivity contribution is 7.92. The smallest absolute Gasteiger partial charge is 0.234 e. The molecule has 1 saturated heterocycles. The Morgan fingerprint density at radius 2 is 1.84 bits per heavy atom. The maximum Gasteiger partial charge on any atom is 0.234 e. The Labute approximate surface area is 186 Å². The maximum absolute atomic E-state index is 12.4. The Morgan fingerprint density at radius 3 is 2.58 bits per heavy atom. The summed E-state index contributed by atoms with van der Waals surface area (Å²) in [7, 11) is -1.43. The van der Waals surface area contributed by atoms with Crippen molar-refractivity contribution >= 4 is 50.0 Å². The van der Waals surface area contributed by atoms with Gasteiger partial charge in [0.2, 0.25) is 16.0 Å². The summed E-state index contributed by atoms with van der Waals surface area (Å²) in [5.41, 5.74) is 1.19. The number of halogens is 1. The number of pyridine rings is 1. The Hall–Kier alpha value is -2.69. The molecule has 1 fully saturated rings. The van der Waals surface area contributed by atoms with E-state index in [9.17, 15) is 8.42 Å². The topological polar surface area (TPSA) is 103 Å². The van der Waals surface area contributed by atoms with Crippen LogP contribution >= 0.6 is 11.6 Å². The molecule has 11 heteroatoms. The van der Waals surface area contributed by atoms with Crippen molar-refractivity contribution in [3.05, 3.63) is 47.7 Å². The van der Waals surface area contributed by atoms with Crippen molar-refractivity contribution in [2.45, 2.75) is 0 Å². The van der Waals surface area contributed by atoms with Crippen LogP contribution in [0.15, 0.2) is 42.6 Å². The van der Waals surface area contributed by atoms with Gasteiger partial charge in [-0.05, 0) is 25.2 Å². The lowest BCUT2D eigenvalue weighted by atomic mass is 10.3. The van der Waals surface area contributed by atoms with Gasteiger partial charge in [0, 0.05) is 43.8 Å². The normalized spacial score (nSPS) is 15.2. The first-order chi connectivity index (χ1) is 14.9. The standard InChI is InChI=1S/C20H24ClN7O2S/c1-27-8-10-28(11-9-27)20-24-17-14-23-18(21)13-16(17)19(25-20)22-7-12-31(29,30)26-15-5-3-2-4-6-15/h2-6,13-14,26H,7-12H2,1H3,(H,22,24,25). The molecule has 1 aliphatic heterocycles. The first kappa shape index (κ1) is 21.5. The molecule has 0 aliphatic carbocycles. The molecule has 31 heavy (non-hydrogen) atoms.